The number of aliphatic carboxylic acids is 2. The van der Waals surface area contributed by atoms with Crippen LogP contribution in [0.25, 0.3) is 11.1 Å². The molecule has 0 radical (unpaired) electrons. The standard InChI is InChI=1S/C32H34O8/c1-2-20-17-26(21-7-4-3-5-8-21)27(33)19-29(20)40-16-6-15-39-28-13-11-25-23(24(28)12-14-30(34)35)10-9-22(32(25)38)18-31(36)37/h3-5,7-8,11,13,17,19,22,33H,2,6,9-10,12,14-16,18H2,1H3,(H,34,35)(H,36,37). The molecule has 1 unspecified atom stereocenters. The topological polar surface area (TPSA) is 130 Å². The number of phenolic OH excluding ortho intramolecular Hbond substituents is 1. The molecule has 0 bridgehead atoms. The molecular weight excluding hydrogens is 512 g/mol. The molecule has 1 aliphatic carbocycles. The van der Waals surface area contributed by atoms with Crippen LogP contribution in [0, 0.1) is 5.92 Å². The first kappa shape index (κ1) is 28.7. The van der Waals surface area contributed by atoms with Crippen LogP contribution in [0.2, 0.25) is 0 Å². The number of rotatable bonds is 13. The SMILES string of the molecule is CCc1cc(-c2ccccc2)c(O)cc1OCCCOc1ccc2c(c1CCC(=O)O)CCC(CC(=O)O)C2=O. The van der Waals surface area contributed by atoms with Crippen LogP contribution in [0.3, 0.4) is 0 Å². The Balaban J connectivity index is 1.41. The van der Waals surface area contributed by atoms with Gasteiger partial charge in [0.1, 0.15) is 17.2 Å². The van der Waals surface area contributed by atoms with Crippen LogP contribution in [0.1, 0.15) is 59.7 Å². The number of hydrogen-bond acceptors (Lipinski definition) is 6. The summed E-state index contributed by atoms with van der Waals surface area (Å²) in [6.45, 7) is 2.69. The van der Waals surface area contributed by atoms with Gasteiger partial charge in [-0.3, -0.25) is 14.4 Å². The number of fused-ring (bicyclic) bond motifs is 1. The zero-order valence-electron chi connectivity index (χ0n) is 22.5. The lowest BCUT2D eigenvalue weighted by Crippen LogP contribution is -2.26. The van der Waals surface area contributed by atoms with E-state index in [0.717, 1.165) is 28.7 Å². The van der Waals surface area contributed by atoms with Crippen molar-refractivity contribution in [3.8, 4) is 28.4 Å². The summed E-state index contributed by atoms with van der Waals surface area (Å²) in [6.07, 6.45) is 2.08. The van der Waals surface area contributed by atoms with Crippen molar-refractivity contribution in [3.63, 3.8) is 0 Å². The molecular formula is C32H34O8. The molecule has 1 atom stereocenters. The maximum atomic E-state index is 12.9. The van der Waals surface area contributed by atoms with Gasteiger partial charge >= 0.3 is 11.9 Å². The minimum atomic E-state index is -1.01. The summed E-state index contributed by atoms with van der Waals surface area (Å²) < 4.78 is 12.0. The second-order valence-electron chi connectivity index (χ2n) is 9.91. The summed E-state index contributed by atoms with van der Waals surface area (Å²) in [5.74, 6) is -1.45. The van der Waals surface area contributed by atoms with E-state index >= 15 is 0 Å². The second-order valence-corrected chi connectivity index (χ2v) is 9.91. The van der Waals surface area contributed by atoms with Crippen LogP contribution in [-0.4, -0.2) is 46.3 Å². The molecule has 0 heterocycles. The summed E-state index contributed by atoms with van der Waals surface area (Å²) in [4.78, 5) is 35.4. The quantitative estimate of drug-likeness (QED) is 0.233. The van der Waals surface area contributed by atoms with Gasteiger partial charge < -0.3 is 24.8 Å². The van der Waals surface area contributed by atoms with Crippen LogP contribution >= 0.6 is 0 Å². The molecule has 40 heavy (non-hydrogen) atoms. The number of benzene rings is 3. The maximum absolute atomic E-state index is 12.9. The van der Waals surface area contributed by atoms with Crippen molar-refractivity contribution >= 4 is 17.7 Å². The maximum Gasteiger partial charge on any atom is 0.304 e. The van der Waals surface area contributed by atoms with E-state index in [1.54, 1.807) is 18.2 Å². The van der Waals surface area contributed by atoms with Crippen molar-refractivity contribution in [2.45, 2.75) is 51.9 Å². The zero-order chi connectivity index (χ0) is 28.6. The number of phenols is 1. The number of aromatic hydroxyl groups is 1. The molecule has 210 valence electrons. The Kier molecular flexibility index (Phi) is 9.43. The molecule has 0 spiro atoms. The molecule has 0 saturated carbocycles. The number of hydrogen-bond donors (Lipinski definition) is 3. The van der Waals surface area contributed by atoms with E-state index < -0.39 is 17.9 Å². The lowest BCUT2D eigenvalue weighted by molar-refractivity contribution is -0.138. The number of ether oxygens (including phenoxy) is 2. The fraction of sp³-hybridized carbons (Fsp3) is 0.344. The summed E-state index contributed by atoms with van der Waals surface area (Å²) >= 11 is 0. The van der Waals surface area contributed by atoms with E-state index in [1.165, 1.54) is 0 Å². The van der Waals surface area contributed by atoms with Crippen LogP contribution in [0.15, 0.2) is 54.6 Å². The number of carbonyl (C=O) groups is 3. The smallest absolute Gasteiger partial charge is 0.304 e. The lowest BCUT2D eigenvalue weighted by atomic mass is 9.78. The fourth-order valence-electron chi connectivity index (χ4n) is 5.20. The second kappa shape index (κ2) is 13.2. The summed E-state index contributed by atoms with van der Waals surface area (Å²) in [7, 11) is 0. The van der Waals surface area contributed by atoms with Gasteiger partial charge in [0, 0.05) is 36.0 Å². The van der Waals surface area contributed by atoms with Crippen LogP contribution < -0.4 is 9.47 Å². The van der Waals surface area contributed by atoms with Gasteiger partial charge in [-0.1, -0.05) is 37.3 Å². The van der Waals surface area contributed by atoms with Crippen molar-refractivity contribution in [2.24, 2.45) is 5.92 Å². The van der Waals surface area contributed by atoms with Gasteiger partial charge in [-0.25, -0.2) is 0 Å². The van der Waals surface area contributed by atoms with Crippen molar-refractivity contribution in [2.75, 3.05) is 13.2 Å². The van der Waals surface area contributed by atoms with Gasteiger partial charge in [-0.15, -0.1) is 0 Å². The third-order valence-corrected chi connectivity index (χ3v) is 7.23. The molecule has 4 rings (SSSR count). The van der Waals surface area contributed by atoms with Crippen LogP contribution in [-0.2, 0) is 28.9 Å². The molecule has 3 aromatic carbocycles. The van der Waals surface area contributed by atoms with E-state index in [-0.39, 0.29) is 30.8 Å². The third-order valence-electron chi connectivity index (χ3n) is 7.23. The van der Waals surface area contributed by atoms with Crippen molar-refractivity contribution in [3.05, 3.63) is 76.9 Å². The number of carboxylic acids is 2. The molecule has 0 aromatic heterocycles. The Morgan fingerprint density at radius 3 is 2.33 bits per heavy atom. The summed E-state index contributed by atoms with van der Waals surface area (Å²) in [5.41, 5.74) is 4.56. The lowest BCUT2D eigenvalue weighted by Gasteiger charge is -2.26. The number of aryl methyl sites for hydroxylation is 1. The van der Waals surface area contributed by atoms with E-state index in [4.69, 9.17) is 14.6 Å². The van der Waals surface area contributed by atoms with Crippen molar-refractivity contribution in [1.82, 2.24) is 0 Å². The monoisotopic (exact) mass is 546 g/mol. The van der Waals surface area contributed by atoms with Gasteiger partial charge in [0.05, 0.1) is 19.6 Å². The minimum Gasteiger partial charge on any atom is -0.507 e. The molecule has 0 amide bonds. The molecule has 1 aliphatic rings. The number of carboxylic acid groups (broad SMARTS) is 2. The highest BCUT2D eigenvalue weighted by Gasteiger charge is 2.31. The van der Waals surface area contributed by atoms with E-state index in [9.17, 15) is 24.6 Å². The Morgan fingerprint density at radius 1 is 0.925 bits per heavy atom. The Labute approximate surface area is 233 Å². The predicted octanol–water partition coefficient (Wildman–Crippen LogP) is 5.71. The highest BCUT2D eigenvalue weighted by Crippen LogP contribution is 2.37. The van der Waals surface area contributed by atoms with E-state index in [0.29, 0.717) is 55.1 Å². The molecule has 3 N–H and O–H groups in total. The van der Waals surface area contributed by atoms with Crippen molar-refractivity contribution in [1.29, 1.82) is 0 Å². The molecule has 3 aromatic rings. The highest BCUT2D eigenvalue weighted by molar-refractivity contribution is 6.02. The Hall–Kier alpha value is -4.33. The fourth-order valence-corrected chi connectivity index (χ4v) is 5.20. The van der Waals surface area contributed by atoms with Crippen LogP contribution in [0.4, 0.5) is 0 Å². The Bertz CT molecular complexity index is 1380. The largest absolute Gasteiger partial charge is 0.507 e. The molecule has 0 fully saturated rings. The molecule has 8 nitrogen and oxygen atoms in total. The first-order chi connectivity index (χ1) is 19.3. The number of carbonyl (C=O) groups excluding carboxylic acids is 1. The normalized spacial score (nSPS) is 14.4. The van der Waals surface area contributed by atoms with Gasteiger partial charge in [-0.05, 0) is 66.1 Å². The third kappa shape index (κ3) is 6.81. The molecule has 0 aliphatic heterocycles. The van der Waals surface area contributed by atoms with E-state index in [1.807, 2.05) is 43.3 Å². The summed E-state index contributed by atoms with van der Waals surface area (Å²) in [6, 6.07) is 16.6. The first-order valence-corrected chi connectivity index (χ1v) is 13.6. The number of Topliss-reactive ketones (excluding diaryl/α,β-unsaturated/α-hetero) is 1. The van der Waals surface area contributed by atoms with Gasteiger partial charge in [0.25, 0.3) is 0 Å². The van der Waals surface area contributed by atoms with Gasteiger partial charge in [-0.2, -0.15) is 0 Å². The zero-order valence-corrected chi connectivity index (χ0v) is 22.5. The number of ketones is 1. The molecule has 0 saturated heterocycles. The van der Waals surface area contributed by atoms with E-state index in [2.05, 4.69) is 0 Å². The average Bonchev–Trinajstić information content (AvgIpc) is 2.93. The summed E-state index contributed by atoms with van der Waals surface area (Å²) in [5, 5.41) is 29.0. The molecule has 8 heteroatoms. The predicted molar refractivity (Wildman–Crippen MR) is 149 cm³/mol. The Morgan fingerprint density at radius 2 is 1.65 bits per heavy atom. The van der Waals surface area contributed by atoms with Crippen LogP contribution in [0.5, 0.6) is 17.2 Å². The van der Waals surface area contributed by atoms with Crippen molar-refractivity contribution < 1.29 is 39.2 Å². The minimum absolute atomic E-state index is 0.106. The van der Waals surface area contributed by atoms with Gasteiger partial charge in [0.15, 0.2) is 5.78 Å². The van der Waals surface area contributed by atoms with Gasteiger partial charge in [0.2, 0.25) is 0 Å². The average molecular weight is 547 g/mol. The highest BCUT2D eigenvalue weighted by atomic mass is 16.5. The first-order valence-electron chi connectivity index (χ1n) is 13.6.